The van der Waals surface area contributed by atoms with Crippen LogP contribution in [0, 0.1) is 13.8 Å². The van der Waals surface area contributed by atoms with Gasteiger partial charge in [-0.15, -0.1) is 0 Å². The Kier molecular flexibility index (Phi) is 3.47. The van der Waals surface area contributed by atoms with Crippen LogP contribution >= 0.6 is 0 Å². The summed E-state index contributed by atoms with van der Waals surface area (Å²) in [4.78, 5) is 12.4. The van der Waals surface area contributed by atoms with E-state index in [1.165, 1.54) is 0 Å². The molecule has 2 nitrogen and oxygen atoms in total. The first-order valence-electron chi connectivity index (χ1n) is 5.88. The molecule has 0 atom stereocenters. The van der Waals surface area contributed by atoms with Crippen molar-refractivity contribution in [2.45, 2.75) is 13.8 Å². The van der Waals surface area contributed by atoms with E-state index in [4.69, 9.17) is 4.74 Å². The number of benzene rings is 2. The van der Waals surface area contributed by atoms with E-state index in [9.17, 15) is 4.79 Å². The quantitative estimate of drug-likeness (QED) is 0.767. The van der Waals surface area contributed by atoms with Crippen molar-refractivity contribution in [3.05, 3.63) is 64.7 Å². The van der Waals surface area contributed by atoms with Crippen molar-refractivity contribution in [2.75, 3.05) is 7.11 Å². The van der Waals surface area contributed by atoms with Crippen LogP contribution in [0.5, 0.6) is 5.75 Å². The molecule has 0 aromatic heterocycles. The van der Waals surface area contributed by atoms with Crippen LogP contribution in [0.25, 0.3) is 0 Å². The van der Waals surface area contributed by atoms with Gasteiger partial charge in [0.1, 0.15) is 5.75 Å². The lowest BCUT2D eigenvalue weighted by Crippen LogP contribution is -2.04. The lowest BCUT2D eigenvalue weighted by molar-refractivity contribution is 0.103. The Balaban J connectivity index is 2.40. The molecule has 0 aliphatic rings. The summed E-state index contributed by atoms with van der Waals surface area (Å²) in [5.74, 6) is 0.826. The number of ether oxygens (including phenoxy) is 1. The van der Waals surface area contributed by atoms with Gasteiger partial charge in [-0.2, -0.15) is 0 Å². The summed E-state index contributed by atoms with van der Waals surface area (Å²) in [7, 11) is 1.62. The van der Waals surface area contributed by atoms with E-state index in [-0.39, 0.29) is 5.78 Å². The number of methoxy groups -OCH3 is 1. The van der Waals surface area contributed by atoms with Gasteiger partial charge in [0.05, 0.1) is 7.11 Å². The maximum atomic E-state index is 12.4. The first kappa shape index (κ1) is 12.4. The summed E-state index contributed by atoms with van der Waals surface area (Å²) in [6.07, 6.45) is 0. The Morgan fingerprint density at radius 3 is 2.44 bits per heavy atom. The molecule has 0 saturated carbocycles. The molecular formula is C16H16O2. The fourth-order valence-electron chi connectivity index (χ4n) is 1.96. The van der Waals surface area contributed by atoms with Gasteiger partial charge in [0.25, 0.3) is 0 Å². The number of aryl methyl sites for hydroxylation is 2. The summed E-state index contributed by atoms with van der Waals surface area (Å²) in [6.45, 7) is 3.91. The van der Waals surface area contributed by atoms with Crippen molar-refractivity contribution in [3.63, 3.8) is 0 Å². The minimum absolute atomic E-state index is 0.0545. The Bertz CT molecular complexity index is 585. The molecule has 0 unspecified atom stereocenters. The van der Waals surface area contributed by atoms with E-state index in [0.29, 0.717) is 0 Å². The standard InChI is InChI=1S/C16H16O2/c1-11-5-4-6-13(9-11)16(17)15-8-7-14(18-3)10-12(15)2/h4-10H,1-3H3. The Labute approximate surface area is 107 Å². The number of ketones is 1. The van der Waals surface area contributed by atoms with Crippen molar-refractivity contribution in [3.8, 4) is 5.75 Å². The summed E-state index contributed by atoms with van der Waals surface area (Å²) in [5, 5.41) is 0. The summed E-state index contributed by atoms with van der Waals surface area (Å²) < 4.78 is 5.14. The summed E-state index contributed by atoms with van der Waals surface area (Å²) in [6, 6.07) is 13.2. The van der Waals surface area contributed by atoms with Gasteiger partial charge < -0.3 is 4.74 Å². The van der Waals surface area contributed by atoms with Gasteiger partial charge in [0, 0.05) is 11.1 Å². The second-order valence-corrected chi connectivity index (χ2v) is 4.38. The second-order valence-electron chi connectivity index (χ2n) is 4.38. The lowest BCUT2D eigenvalue weighted by atomic mass is 9.98. The first-order chi connectivity index (χ1) is 8.61. The molecule has 18 heavy (non-hydrogen) atoms. The molecule has 0 saturated heterocycles. The van der Waals surface area contributed by atoms with Crippen LogP contribution in [0.1, 0.15) is 27.0 Å². The molecule has 2 rings (SSSR count). The lowest BCUT2D eigenvalue weighted by Gasteiger charge is -2.07. The average molecular weight is 240 g/mol. The molecule has 0 radical (unpaired) electrons. The van der Waals surface area contributed by atoms with E-state index >= 15 is 0 Å². The van der Waals surface area contributed by atoms with Crippen molar-refractivity contribution < 1.29 is 9.53 Å². The fraction of sp³-hybridized carbons (Fsp3) is 0.188. The van der Waals surface area contributed by atoms with Crippen molar-refractivity contribution in [1.82, 2.24) is 0 Å². The highest BCUT2D eigenvalue weighted by Gasteiger charge is 2.12. The second kappa shape index (κ2) is 5.05. The highest BCUT2D eigenvalue weighted by Crippen LogP contribution is 2.20. The van der Waals surface area contributed by atoms with E-state index in [1.54, 1.807) is 7.11 Å². The third-order valence-electron chi connectivity index (χ3n) is 2.96. The third-order valence-corrected chi connectivity index (χ3v) is 2.96. The smallest absolute Gasteiger partial charge is 0.193 e. The molecule has 0 heterocycles. The minimum Gasteiger partial charge on any atom is -0.497 e. The molecule has 0 bridgehead atoms. The van der Waals surface area contributed by atoms with E-state index < -0.39 is 0 Å². The van der Waals surface area contributed by atoms with Gasteiger partial charge in [-0.3, -0.25) is 4.79 Å². The molecule has 92 valence electrons. The summed E-state index contributed by atoms with van der Waals surface area (Å²) in [5.41, 5.74) is 3.47. The van der Waals surface area contributed by atoms with Crippen LogP contribution in [0.4, 0.5) is 0 Å². The van der Waals surface area contributed by atoms with E-state index in [2.05, 4.69) is 0 Å². The molecule has 2 aromatic carbocycles. The molecule has 0 aliphatic carbocycles. The molecule has 0 fully saturated rings. The SMILES string of the molecule is COc1ccc(C(=O)c2cccc(C)c2)c(C)c1. The predicted molar refractivity (Wildman–Crippen MR) is 72.3 cm³/mol. The number of hydrogen-bond acceptors (Lipinski definition) is 2. The summed E-state index contributed by atoms with van der Waals surface area (Å²) >= 11 is 0. The molecule has 0 N–H and O–H groups in total. The molecule has 2 aromatic rings. The van der Waals surface area contributed by atoms with Gasteiger partial charge in [-0.25, -0.2) is 0 Å². The highest BCUT2D eigenvalue weighted by molar-refractivity contribution is 6.10. The topological polar surface area (TPSA) is 26.3 Å². The Morgan fingerprint density at radius 2 is 1.83 bits per heavy atom. The number of hydrogen-bond donors (Lipinski definition) is 0. The van der Waals surface area contributed by atoms with Crippen LogP contribution in [0.2, 0.25) is 0 Å². The third kappa shape index (κ3) is 2.43. The highest BCUT2D eigenvalue weighted by atomic mass is 16.5. The Hall–Kier alpha value is -2.09. The van der Waals surface area contributed by atoms with Crippen LogP contribution in [-0.2, 0) is 0 Å². The van der Waals surface area contributed by atoms with Crippen molar-refractivity contribution in [2.24, 2.45) is 0 Å². The van der Waals surface area contributed by atoms with Gasteiger partial charge >= 0.3 is 0 Å². The fourth-order valence-corrected chi connectivity index (χ4v) is 1.96. The number of carbonyl (C=O) groups excluding carboxylic acids is 1. The molecule has 0 aliphatic heterocycles. The zero-order valence-electron chi connectivity index (χ0n) is 10.9. The first-order valence-corrected chi connectivity index (χ1v) is 5.88. The van der Waals surface area contributed by atoms with Crippen LogP contribution in [0.15, 0.2) is 42.5 Å². The molecule has 0 amide bonds. The van der Waals surface area contributed by atoms with Crippen LogP contribution in [0.3, 0.4) is 0 Å². The zero-order chi connectivity index (χ0) is 13.1. The van der Waals surface area contributed by atoms with E-state index in [0.717, 1.165) is 28.0 Å². The van der Waals surface area contributed by atoms with E-state index in [1.807, 2.05) is 56.3 Å². The number of carbonyl (C=O) groups is 1. The van der Waals surface area contributed by atoms with Gasteiger partial charge in [0.15, 0.2) is 5.78 Å². The maximum Gasteiger partial charge on any atom is 0.193 e. The van der Waals surface area contributed by atoms with Crippen molar-refractivity contribution >= 4 is 5.78 Å². The van der Waals surface area contributed by atoms with Gasteiger partial charge in [-0.1, -0.05) is 23.8 Å². The zero-order valence-corrected chi connectivity index (χ0v) is 10.9. The molecule has 2 heteroatoms. The maximum absolute atomic E-state index is 12.4. The van der Waals surface area contributed by atoms with Crippen LogP contribution < -0.4 is 4.74 Å². The normalized spacial score (nSPS) is 10.2. The molecule has 0 spiro atoms. The predicted octanol–water partition coefficient (Wildman–Crippen LogP) is 3.54. The molecular weight excluding hydrogens is 224 g/mol. The van der Waals surface area contributed by atoms with Gasteiger partial charge in [-0.05, 0) is 43.7 Å². The monoisotopic (exact) mass is 240 g/mol. The van der Waals surface area contributed by atoms with Crippen LogP contribution in [-0.4, -0.2) is 12.9 Å². The average Bonchev–Trinajstić information content (AvgIpc) is 2.37. The largest absolute Gasteiger partial charge is 0.497 e. The van der Waals surface area contributed by atoms with Crippen molar-refractivity contribution in [1.29, 1.82) is 0 Å². The van der Waals surface area contributed by atoms with Gasteiger partial charge in [0.2, 0.25) is 0 Å². The number of rotatable bonds is 3. The Morgan fingerprint density at radius 1 is 1.06 bits per heavy atom. The minimum atomic E-state index is 0.0545.